The summed E-state index contributed by atoms with van der Waals surface area (Å²) in [6.45, 7) is 0. The standard InChI is InChI=1S/C16H15ClO3/c1-20-14-8-7-12(15(10-14)16(18)19)6-5-11-3-2-4-13(17)9-11/h2-4,7-10H,5-6H2,1H3,(H,18,19). The average molecular weight is 291 g/mol. The molecule has 0 aliphatic heterocycles. The van der Waals surface area contributed by atoms with Gasteiger partial charge in [-0.05, 0) is 48.2 Å². The Labute approximate surface area is 122 Å². The van der Waals surface area contributed by atoms with E-state index < -0.39 is 5.97 Å². The van der Waals surface area contributed by atoms with Crippen molar-refractivity contribution in [1.82, 2.24) is 0 Å². The van der Waals surface area contributed by atoms with Gasteiger partial charge in [-0.1, -0.05) is 29.8 Å². The van der Waals surface area contributed by atoms with Gasteiger partial charge in [0.25, 0.3) is 0 Å². The monoisotopic (exact) mass is 290 g/mol. The van der Waals surface area contributed by atoms with Crippen molar-refractivity contribution in [2.75, 3.05) is 7.11 Å². The maximum absolute atomic E-state index is 11.3. The van der Waals surface area contributed by atoms with E-state index in [-0.39, 0.29) is 5.56 Å². The summed E-state index contributed by atoms with van der Waals surface area (Å²) in [7, 11) is 1.52. The van der Waals surface area contributed by atoms with Gasteiger partial charge in [0.2, 0.25) is 0 Å². The molecule has 0 aromatic heterocycles. The zero-order valence-electron chi connectivity index (χ0n) is 11.1. The average Bonchev–Trinajstić information content (AvgIpc) is 2.45. The minimum Gasteiger partial charge on any atom is -0.497 e. The Kier molecular flexibility index (Phi) is 4.64. The van der Waals surface area contributed by atoms with Crippen LogP contribution in [0.5, 0.6) is 5.75 Å². The van der Waals surface area contributed by atoms with Crippen LogP contribution in [0.4, 0.5) is 0 Å². The van der Waals surface area contributed by atoms with Crippen LogP contribution >= 0.6 is 11.6 Å². The van der Waals surface area contributed by atoms with Gasteiger partial charge in [0.05, 0.1) is 12.7 Å². The number of carbonyl (C=O) groups is 1. The van der Waals surface area contributed by atoms with Crippen LogP contribution in [0.15, 0.2) is 42.5 Å². The molecule has 0 saturated carbocycles. The Morgan fingerprint density at radius 3 is 2.65 bits per heavy atom. The van der Waals surface area contributed by atoms with E-state index in [4.69, 9.17) is 16.3 Å². The lowest BCUT2D eigenvalue weighted by Gasteiger charge is -2.08. The highest BCUT2D eigenvalue weighted by Gasteiger charge is 2.11. The molecule has 2 rings (SSSR count). The normalized spacial score (nSPS) is 10.3. The van der Waals surface area contributed by atoms with E-state index in [9.17, 15) is 9.90 Å². The van der Waals surface area contributed by atoms with Gasteiger partial charge in [0.15, 0.2) is 0 Å². The van der Waals surface area contributed by atoms with Crippen LogP contribution < -0.4 is 4.74 Å². The molecular formula is C16H15ClO3. The van der Waals surface area contributed by atoms with E-state index in [2.05, 4.69) is 0 Å². The van der Waals surface area contributed by atoms with Crippen molar-refractivity contribution < 1.29 is 14.6 Å². The number of carboxylic acids is 1. The molecule has 0 unspecified atom stereocenters. The van der Waals surface area contributed by atoms with Crippen LogP contribution in [-0.4, -0.2) is 18.2 Å². The summed E-state index contributed by atoms with van der Waals surface area (Å²) >= 11 is 5.94. The maximum atomic E-state index is 11.3. The van der Waals surface area contributed by atoms with Crippen LogP contribution in [-0.2, 0) is 12.8 Å². The van der Waals surface area contributed by atoms with Crippen molar-refractivity contribution in [2.24, 2.45) is 0 Å². The van der Waals surface area contributed by atoms with Crippen LogP contribution in [0.1, 0.15) is 21.5 Å². The van der Waals surface area contributed by atoms with Gasteiger partial charge in [-0.3, -0.25) is 0 Å². The molecule has 20 heavy (non-hydrogen) atoms. The van der Waals surface area contributed by atoms with E-state index >= 15 is 0 Å². The number of carboxylic acid groups (broad SMARTS) is 1. The molecule has 0 amide bonds. The molecule has 0 bridgehead atoms. The molecule has 0 aliphatic carbocycles. The van der Waals surface area contributed by atoms with Gasteiger partial charge >= 0.3 is 5.97 Å². The highest BCUT2D eigenvalue weighted by atomic mass is 35.5. The van der Waals surface area contributed by atoms with Gasteiger partial charge in [0.1, 0.15) is 5.75 Å². The van der Waals surface area contributed by atoms with Crippen molar-refractivity contribution in [3.8, 4) is 5.75 Å². The van der Waals surface area contributed by atoms with E-state index in [0.29, 0.717) is 17.2 Å². The number of hydrogen-bond acceptors (Lipinski definition) is 2. The van der Waals surface area contributed by atoms with Crippen LogP contribution in [0.25, 0.3) is 0 Å². The van der Waals surface area contributed by atoms with Gasteiger partial charge in [-0.25, -0.2) is 4.79 Å². The first kappa shape index (κ1) is 14.4. The van der Waals surface area contributed by atoms with E-state index in [1.807, 2.05) is 24.3 Å². The Morgan fingerprint density at radius 1 is 1.20 bits per heavy atom. The van der Waals surface area contributed by atoms with Crippen molar-refractivity contribution in [3.05, 3.63) is 64.2 Å². The molecule has 2 aromatic rings. The third-order valence-corrected chi connectivity index (χ3v) is 3.35. The van der Waals surface area contributed by atoms with Crippen molar-refractivity contribution in [2.45, 2.75) is 12.8 Å². The van der Waals surface area contributed by atoms with Crippen LogP contribution in [0.2, 0.25) is 5.02 Å². The molecule has 0 aliphatic rings. The second kappa shape index (κ2) is 6.44. The number of benzene rings is 2. The van der Waals surface area contributed by atoms with Gasteiger partial charge in [-0.15, -0.1) is 0 Å². The number of methoxy groups -OCH3 is 1. The highest BCUT2D eigenvalue weighted by molar-refractivity contribution is 6.30. The number of hydrogen-bond donors (Lipinski definition) is 1. The number of aryl methyl sites for hydroxylation is 2. The summed E-state index contributed by atoms with van der Waals surface area (Å²) in [5.74, 6) is -0.390. The lowest BCUT2D eigenvalue weighted by atomic mass is 9.99. The molecule has 0 fully saturated rings. The molecule has 1 N–H and O–H groups in total. The lowest BCUT2D eigenvalue weighted by Crippen LogP contribution is -2.04. The fourth-order valence-corrected chi connectivity index (χ4v) is 2.28. The first-order chi connectivity index (χ1) is 9.60. The van der Waals surface area contributed by atoms with Crippen LogP contribution in [0, 0.1) is 0 Å². The molecule has 0 radical (unpaired) electrons. The lowest BCUT2D eigenvalue weighted by molar-refractivity contribution is 0.0695. The second-order valence-electron chi connectivity index (χ2n) is 4.46. The van der Waals surface area contributed by atoms with Crippen molar-refractivity contribution >= 4 is 17.6 Å². The second-order valence-corrected chi connectivity index (χ2v) is 4.89. The van der Waals surface area contributed by atoms with Crippen LogP contribution in [0.3, 0.4) is 0 Å². The Morgan fingerprint density at radius 2 is 2.00 bits per heavy atom. The van der Waals surface area contributed by atoms with Gasteiger partial charge in [-0.2, -0.15) is 0 Å². The first-order valence-electron chi connectivity index (χ1n) is 6.25. The van der Waals surface area contributed by atoms with E-state index in [0.717, 1.165) is 17.5 Å². The summed E-state index contributed by atoms with van der Waals surface area (Å²) < 4.78 is 5.06. The molecule has 0 heterocycles. The Balaban J connectivity index is 2.18. The number of rotatable bonds is 5. The summed E-state index contributed by atoms with van der Waals surface area (Å²) in [5.41, 5.74) is 2.16. The summed E-state index contributed by atoms with van der Waals surface area (Å²) in [6.07, 6.45) is 1.39. The molecular weight excluding hydrogens is 276 g/mol. The largest absolute Gasteiger partial charge is 0.497 e. The topological polar surface area (TPSA) is 46.5 Å². The van der Waals surface area contributed by atoms with Gasteiger partial charge in [0, 0.05) is 5.02 Å². The summed E-state index contributed by atoms with van der Waals surface area (Å²) in [5, 5.41) is 9.94. The molecule has 104 valence electrons. The summed E-state index contributed by atoms with van der Waals surface area (Å²) in [6, 6.07) is 12.7. The predicted octanol–water partition coefficient (Wildman–Crippen LogP) is 3.83. The third kappa shape index (κ3) is 3.52. The van der Waals surface area contributed by atoms with Crippen molar-refractivity contribution in [1.29, 1.82) is 0 Å². The molecule has 2 aromatic carbocycles. The predicted molar refractivity (Wildman–Crippen MR) is 78.8 cm³/mol. The smallest absolute Gasteiger partial charge is 0.336 e. The molecule has 0 atom stereocenters. The Bertz CT molecular complexity index is 623. The summed E-state index contributed by atoms with van der Waals surface area (Å²) in [4.78, 5) is 11.3. The number of aromatic carboxylic acids is 1. The van der Waals surface area contributed by atoms with E-state index in [1.165, 1.54) is 7.11 Å². The maximum Gasteiger partial charge on any atom is 0.336 e. The minimum absolute atomic E-state index is 0.284. The quantitative estimate of drug-likeness (QED) is 0.910. The minimum atomic E-state index is -0.940. The first-order valence-corrected chi connectivity index (χ1v) is 6.62. The highest BCUT2D eigenvalue weighted by Crippen LogP contribution is 2.20. The molecule has 4 heteroatoms. The SMILES string of the molecule is COc1ccc(CCc2cccc(Cl)c2)c(C(=O)O)c1. The number of halogens is 1. The fraction of sp³-hybridized carbons (Fsp3) is 0.188. The number of ether oxygens (including phenoxy) is 1. The fourth-order valence-electron chi connectivity index (χ4n) is 2.07. The zero-order chi connectivity index (χ0) is 14.5. The van der Waals surface area contributed by atoms with E-state index in [1.54, 1.807) is 18.2 Å². The zero-order valence-corrected chi connectivity index (χ0v) is 11.9. The van der Waals surface area contributed by atoms with Gasteiger partial charge < -0.3 is 9.84 Å². The Hall–Kier alpha value is -2.00. The molecule has 0 spiro atoms. The third-order valence-electron chi connectivity index (χ3n) is 3.12. The van der Waals surface area contributed by atoms with Crippen molar-refractivity contribution in [3.63, 3.8) is 0 Å². The molecule has 0 saturated heterocycles. The molecule has 3 nitrogen and oxygen atoms in total.